The number of carbonyl (C=O) groups is 2. The molecule has 3 aromatic rings. The second-order valence-electron chi connectivity index (χ2n) is 5.81. The highest BCUT2D eigenvalue weighted by molar-refractivity contribution is 6.15. The molecule has 0 aliphatic carbocycles. The minimum absolute atomic E-state index is 0.173. The zero-order valence-corrected chi connectivity index (χ0v) is 17.0. The molecule has 0 unspecified atom stereocenters. The lowest BCUT2D eigenvalue weighted by Gasteiger charge is -2.16. The van der Waals surface area contributed by atoms with Crippen molar-refractivity contribution in [1.82, 2.24) is 0 Å². The third-order valence-corrected chi connectivity index (χ3v) is 4.39. The number of hydrogen-bond donors (Lipinski definition) is 0. The SMILES string of the molecule is O=C(c1ccccc1)c1cc(OC[Si])c(C(=O)c2ccccc2)cc1OC[Si]. The van der Waals surface area contributed by atoms with Crippen LogP contribution in [0.3, 0.4) is 0 Å². The molecule has 6 heteroatoms. The summed E-state index contributed by atoms with van der Waals surface area (Å²) in [4.78, 5) is 26.0. The van der Waals surface area contributed by atoms with Crippen LogP contribution in [-0.4, -0.2) is 44.5 Å². The van der Waals surface area contributed by atoms with Crippen LogP contribution in [0.4, 0.5) is 0 Å². The molecule has 0 atom stereocenters. The van der Waals surface area contributed by atoms with Crippen LogP contribution in [0.1, 0.15) is 31.8 Å². The van der Waals surface area contributed by atoms with Crippen LogP contribution in [0.25, 0.3) is 0 Å². The number of carbonyl (C=O) groups excluding carboxylic acids is 2. The first kappa shape index (κ1) is 19.8. The molecule has 3 aromatic carbocycles. The van der Waals surface area contributed by atoms with E-state index in [-0.39, 0.29) is 24.0 Å². The molecule has 28 heavy (non-hydrogen) atoms. The zero-order chi connectivity index (χ0) is 19.9. The maximum absolute atomic E-state index is 13.0. The number of ketones is 2. The van der Waals surface area contributed by atoms with Crippen molar-refractivity contribution in [2.24, 2.45) is 0 Å². The molecule has 0 spiro atoms. The molecule has 6 radical (unpaired) electrons. The van der Waals surface area contributed by atoms with Gasteiger partial charge < -0.3 is 9.47 Å². The summed E-state index contributed by atoms with van der Waals surface area (Å²) in [6.07, 6.45) is 0.346. The molecule has 0 saturated heterocycles. The van der Waals surface area contributed by atoms with Crippen LogP contribution in [0.15, 0.2) is 72.8 Å². The molecule has 0 saturated carbocycles. The Hall–Kier alpha value is -2.97. The van der Waals surface area contributed by atoms with Gasteiger partial charge >= 0.3 is 0 Å². The Balaban J connectivity index is 2.13. The lowest BCUT2D eigenvalue weighted by atomic mass is 9.96. The summed E-state index contributed by atoms with van der Waals surface area (Å²) < 4.78 is 11.2. The van der Waals surface area contributed by atoms with Gasteiger partial charge in [0.25, 0.3) is 0 Å². The van der Waals surface area contributed by atoms with Crippen molar-refractivity contribution < 1.29 is 19.1 Å². The molecule has 4 nitrogen and oxygen atoms in total. The normalized spacial score (nSPS) is 10.4. The van der Waals surface area contributed by atoms with Crippen LogP contribution in [0.2, 0.25) is 0 Å². The minimum atomic E-state index is -0.215. The van der Waals surface area contributed by atoms with Gasteiger partial charge in [-0.25, -0.2) is 0 Å². The Kier molecular flexibility index (Phi) is 6.57. The highest BCUT2D eigenvalue weighted by Gasteiger charge is 2.22. The maximum Gasteiger partial charge on any atom is 0.196 e. The van der Waals surface area contributed by atoms with Gasteiger partial charge in [0.15, 0.2) is 11.6 Å². The van der Waals surface area contributed by atoms with Crippen molar-refractivity contribution in [3.05, 3.63) is 95.1 Å². The fourth-order valence-corrected chi connectivity index (χ4v) is 3.11. The van der Waals surface area contributed by atoms with Gasteiger partial charge in [-0.15, -0.1) is 0 Å². The Bertz CT molecular complexity index is 891. The summed E-state index contributed by atoms with van der Waals surface area (Å²) in [5.74, 6) is 0.190. The number of rotatable bonds is 8. The van der Waals surface area contributed by atoms with E-state index in [9.17, 15) is 9.59 Å². The summed E-state index contributed by atoms with van der Waals surface area (Å²) in [5, 5.41) is 0. The van der Waals surface area contributed by atoms with Gasteiger partial charge in [-0.05, 0) is 12.1 Å². The van der Waals surface area contributed by atoms with E-state index in [2.05, 4.69) is 20.5 Å². The van der Waals surface area contributed by atoms with Gasteiger partial charge in [0.05, 0.1) is 44.1 Å². The molecule has 0 aliphatic rings. The molecule has 0 bridgehead atoms. The number of benzene rings is 3. The Morgan fingerprint density at radius 1 is 0.643 bits per heavy atom. The predicted octanol–water partition coefficient (Wildman–Crippen LogP) is 3.16. The van der Waals surface area contributed by atoms with E-state index in [1.165, 1.54) is 0 Å². The average Bonchev–Trinajstić information content (AvgIpc) is 2.75. The molecular weight excluding hydrogens is 384 g/mol. The Labute approximate surface area is 170 Å². The molecule has 0 heterocycles. The summed E-state index contributed by atoms with van der Waals surface area (Å²) in [6, 6.07) is 20.9. The third kappa shape index (κ3) is 4.29. The number of hydrogen-bond acceptors (Lipinski definition) is 4. The smallest absolute Gasteiger partial charge is 0.196 e. The Morgan fingerprint density at radius 2 is 1.00 bits per heavy atom. The molecule has 0 aliphatic heterocycles. The zero-order valence-electron chi connectivity index (χ0n) is 15.0. The van der Waals surface area contributed by atoms with Crippen LogP contribution < -0.4 is 9.47 Å². The van der Waals surface area contributed by atoms with E-state index in [0.29, 0.717) is 33.8 Å². The van der Waals surface area contributed by atoms with E-state index in [1.807, 2.05) is 12.1 Å². The van der Waals surface area contributed by atoms with E-state index >= 15 is 0 Å². The lowest BCUT2D eigenvalue weighted by Crippen LogP contribution is -2.12. The fourth-order valence-electron chi connectivity index (χ4n) is 2.80. The topological polar surface area (TPSA) is 52.6 Å². The van der Waals surface area contributed by atoms with Crippen molar-refractivity contribution in [2.75, 3.05) is 12.5 Å². The second kappa shape index (κ2) is 9.30. The van der Waals surface area contributed by atoms with Crippen molar-refractivity contribution in [3.8, 4) is 11.5 Å². The molecule has 0 N–H and O–H groups in total. The first-order chi connectivity index (χ1) is 13.7. The quantitative estimate of drug-likeness (QED) is 0.431. The molecule has 3 rings (SSSR count). The largest absolute Gasteiger partial charge is 0.497 e. The van der Waals surface area contributed by atoms with Gasteiger partial charge in [-0.3, -0.25) is 9.59 Å². The van der Waals surface area contributed by atoms with E-state index in [1.54, 1.807) is 60.7 Å². The highest BCUT2D eigenvalue weighted by Crippen LogP contribution is 2.32. The van der Waals surface area contributed by atoms with Crippen molar-refractivity contribution in [3.63, 3.8) is 0 Å². The van der Waals surface area contributed by atoms with Gasteiger partial charge in [-0.1, -0.05) is 60.7 Å². The summed E-state index contributed by atoms with van der Waals surface area (Å²) in [7, 11) is 6.55. The molecule has 0 aromatic heterocycles. The minimum Gasteiger partial charge on any atom is -0.497 e. The van der Waals surface area contributed by atoms with Crippen LogP contribution in [0, 0.1) is 0 Å². The van der Waals surface area contributed by atoms with Gasteiger partial charge in [0, 0.05) is 11.1 Å². The summed E-state index contributed by atoms with van der Waals surface area (Å²) >= 11 is 0. The molecule has 0 amide bonds. The van der Waals surface area contributed by atoms with Crippen LogP contribution in [-0.2, 0) is 0 Å². The number of ether oxygens (including phenoxy) is 2. The van der Waals surface area contributed by atoms with Gasteiger partial charge in [0.2, 0.25) is 0 Å². The maximum atomic E-state index is 13.0. The van der Waals surface area contributed by atoms with E-state index in [4.69, 9.17) is 9.47 Å². The second-order valence-corrected chi connectivity index (χ2v) is 6.39. The van der Waals surface area contributed by atoms with Crippen LogP contribution in [0.5, 0.6) is 11.5 Å². The lowest BCUT2D eigenvalue weighted by molar-refractivity contribution is 0.102. The Morgan fingerprint density at radius 3 is 1.32 bits per heavy atom. The molecular formula is C22H16O4Si2. The fraction of sp³-hybridized carbons (Fsp3) is 0.0909. The first-order valence-electron chi connectivity index (χ1n) is 8.58. The van der Waals surface area contributed by atoms with E-state index in [0.717, 1.165) is 0 Å². The van der Waals surface area contributed by atoms with Crippen LogP contribution >= 0.6 is 0 Å². The van der Waals surface area contributed by atoms with Gasteiger partial charge in [-0.2, -0.15) is 0 Å². The average molecular weight is 401 g/mol. The molecule has 136 valence electrons. The third-order valence-electron chi connectivity index (χ3n) is 4.10. The summed E-state index contributed by atoms with van der Waals surface area (Å²) in [5.41, 5.74) is 1.69. The van der Waals surface area contributed by atoms with E-state index < -0.39 is 0 Å². The highest BCUT2D eigenvalue weighted by atomic mass is 28.1. The van der Waals surface area contributed by atoms with Crippen molar-refractivity contribution in [1.29, 1.82) is 0 Å². The van der Waals surface area contributed by atoms with Crippen molar-refractivity contribution >= 4 is 32.1 Å². The summed E-state index contributed by atoms with van der Waals surface area (Å²) in [6.45, 7) is 0. The standard InChI is InChI=1S/C22H16O4Si2/c23-21(15-7-3-1-4-8-15)17-11-20(26-14-28)18(12-19(17)25-13-27)22(24)16-9-5-2-6-10-16/h1-12H,13-14H2. The van der Waals surface area contributed by atoms with Gasteiger partial charge in [0.1, 0.15) is 11.5 Å². The first-order valence-corrected chi connectivity index (χ1v) is 9.99. The molecule has 0 fully saturated rings. The predicted molar refractivity (Wildman–Crippen MR) is 109 cm³/mol. The van der Waals surface area contributed by atoms with Crippen molar-refractivity contribution in [2.45, 2.75) is 0 Å². The monoisotopic (exact) mass is 400 g/mol.